The van der Waals surface area contributed by atoms with Crippen LogP contribution in [0.5, 0.6) is 0 Å². The van der Waals surface area contributed by atoms with Crippen LogP contribution >= 0.6 is 23.8 Å². The molecule has 4 heteroatoms. The molecule has 0 spiro atoms. The number of hydrogen-bond donors (Lipinski definition) is 2. The SMILES string of the molecule is CCC(Nc1cc(Cl)ccc1C(N)=S)C1CCCCC1. The molecule has 0 aromatic heterocycles. The Kier molecular flexibility index (Phi) is 5.67. The Labute approximate surface area is 132 Å². The molecule has 1 fully saturated rings. The fourth-order valence-corrected chi connectivity index (χ4v) is 3.49. The summed E-state index contributed by atoms with van der Waals surface area (Å²) in [5, 5.41) is 4.35. The van der Waals surface area contributed by atoms with E-state index in [1.165, 1.54) is 32.1 Å². The highest BCUT2D eigenvalue weighted by molar-refractivity contribution is 7.80. The van der Waals surface area contributed by atoms with Crippen molar-refractivity contribution < 1.29 is 0 Å². The summed E-state index contributed by atoms with van der Waals surface area (Å²) in [6.07, 6.45) is 7.81. The van der Waals surface area contributed by atoms with Crippen molar-refractivity contribution in [1.29, 1.82) is 0 Å². The van der Waals surface area contributed by atoms with Gasteiger partial charge in [-0.25, -0.2) is 0 Å². The van der Waals surface area contributed by atoms with Crippen LogP contribution in [-0.4, -0.2) is 11.0 Å². The van der Waals surface area contributed by atoms with E-state index in [1.54, 1.807) is 0 Å². The van der Waals surface area contributed by atoms with E-state index in [4.69, 9.17) is 29.6 Å². The molecule has 1 aliphatic carbocycles. The predicted octanol–water partition coefficient (Wildman–Crippen LogP) is 4.75. The van der Waals surface area contributed by atoms with Gasteiger partial charge in [0.25, 0.3) is 0 Å². The number of hydrogen-bond acceptors (Lipinski definition) is 2. The zero-order valence-corrected chi connectivity index (χ0v) is 13.6. The van der Waals surface area contributed by atoms with Crippen molar-refractivity contribution in [2.24, 2.45) is 11.7 Å². The topological polar surface area (TPSA) is 38.0 Å². The summed E-state index contributed by atoms with van der Waals surface area (Å²) in [6, 6.07) is 6.15. The van der Waals surface area contributed by atoms with E-state index in [0.717, 1.165) is 23.6 Å². The molecule has 3 N–H and O–H groups in total. The van der Waals surface area contributed by atoms with Crippen molar-refractivity contribution >= 4 is 34.5 Å². The number of anilines is 1. The maximum atomic E-state index is 6.11. The summed E-state index contributed by atoms with van der Waals surface area (Å²) in [7, 11) is 0. The normalized spacial score (nSPS) is 17.7. The number of benzene rings is 1. The highest BCUT2D eigenvalue weighted by Gasteiger charge is 2.23. The molecule has 2 nitrogen and oxygen atoms in total. The zero-order chi connectivity index (χ0) is 14.5. The number of thiocarbonyl (C=S) groups is 1. The van der Waals surface area contributed by atoms with Gasteiger partial charge in [0, 0.05) is 22.3 Å². The molecule has 1 atom stereocenters. The molecule has 0 amide bonds. The second-order valence-electron chi connectivity index (χ2n) is 5.61. The minimum atomic E-state index is 0.419. The van der Waals surface area contributed by atoms with Gasteiger partial charge < -0.3 is 11.1 Å². The summed E-state index contributed by atoms with van der Waals surface area (Å²) in [4.78, 5) is 0.419. The molecule has 20 heavy (non-hydrogen) atoms. The van der Waals surface area contributed by atoms with Crippen molar-refractivity contribution in [2.45, 2.75) is 51.5 Å². The van der Waals surface area contributed by atoms with Crippen LogP contribution in [0.4, 0.5) is 5.69 Å². The number of halogens is 1. The summed E-state index contributed by atoms with van der Waals surface area (Å²) in [5.41, 5.74) is 7.67. The smallest absolute Gasteiger partial charge is 0.106 e. The van der Waals surface area contributed by atoms with Crippen molar-refractivity contribution in [3.05, 3.63) is 28.8 Å². The molecule has 0 radical (unpaired) electrons. The molecule has 1 saturated carbocycles. The molecule has 2 rings (SSSR count). The van der Waals surface area contributed by atoms with Crippen LogP contribution in [-0.2, 0) is 0 Å². The summed E-state index contributed by atoms with van der Waals surface area (Å²) < 4.78 is 0. The van der Waals surface area contributed by atoms with E-state index >= 15 is 0 Å². The standard InChI is InChI=1S/C16H23ClN2S/c1-2-14(11-6-4-3-5-7-11)19-15-10-12(17)8-9-13(15)16(18)20/h8-11,14,19H,2-7H2,1H3,(H2,18,20). The van der Waals surface area contributed by atoms with Gasteiger partial charge in [-0.05, 0) is 43.4 Å². The van der Waals surface area contributed by atoms with Crippen LogP contribution in [0.25, 0.3) is 0 Å². The predicted molar refractivity (Wildman–Crippen MR) is 91.6 cm³/mol. The second kappa shape index (κ2) is 7.28. The van der Waals surface area contributed by atoms with Crippen molar-refractivity contribution in [1.82, 2.24) is 0 Å². The molecule has 1 aromatic carbocycles. The largest absolute Gasteiger partial charge is 0.389 e. The van der Waals surface area contributed by atoms with Gasteiger partial charge >= 0.3 is 0 Å². The van der Waals surface area contributed by atoms with E-state index in [-0.39, 0.29) is 0 Å². The third-order valence-electron chi connectivity index (χ3n) is 4.25. The molecule has 0 bridgehead atoms. The van der Waals surface area contributed by atoms with Crippen LogP contribution in [0, 0.1) is 5.92 Å². The minimum absolute atomic E-state index is 0.419. The van der Waals surface area contributed by atoms with Crippen LogP contribution < -0.4 is 11.1 Å². The van der Waals surface area contributed by atoms with E-state index < -0.39 is 0 Å². The lowest BCUT2D eigenvalue weighted by molar-refractivity contribution is 0.313. The van der Waals surface area contributed by atoms with Crippen LogP contribution in [0.3, 0.4) is 0 Å². The summed E-state index contributed by atoms with van der Waals surface area (Å²) in [6.45, 7) is 2.23. The van der Waals surface area contributed by atoms with Gasteiger partial charge in [0.15, 0.2) is 0 Å². The quantitative estimate of drug-likeness (QED) is 0.771. The Hall–Kier alpha value is -0.800. The lowest BCUT2D eigenvalue weighted by Crippen LogP contribution is -2.31. The maximum Gasteiger partial charge on any atom is 0.106 e. The minimum Gasteiger partial charge on any atom is -0.389 e. The van der Waals surface area contributed by atoms with Gasteiger partial charge in [-0.2, -0.15) is 0 Å². The molecular weight excluding hydrogens is 288 g/mol. The molecule has 0 heterocycles. The lowest BCUT2D eigenvalue weighted by atomic mass is 9.82. The van der Waals surface area contributed by atoms with Crippen molar-refractivity contribution in [2.75, 3.05) is 5.32 Å². The van der Waals surface area contributed by atoms with Gasteiger partial charge in [0.1, 0.15) is 4.99 Å². The first-order valence-electron chi connectivity index (χ1n) is 7.47. The molecule has 0 aliphatic heterocycles. The van der Waals surface area contributed by atoms with Crippen LogP contribution in [0.15, 0.2) is 18.2 Å². The van der Waals surface area contributed by atoms with E-state index in [0.29, 0.717) is 16.1 Å². The van der Waals surface area contributed by atoms with Gasteiger partial charge in [-0.15, -0.1) is 0 Å². The molecular formula is C16H23ClN2S. The molecule has 1 aromatic rings. The number of nitrogens with one attached hydrogen (secondary N) is 1. The first-order chi connectivity index (χ1) is 9.61. The van der Waals surface area contributed by atoms with E-state index in [2.05, 4.69) is 12.2 Å². The fourth-order valence-electron chi connectivity index (χ4n) is 3.14. The molecule has 0 saturated heterocycles. The number of rotatable bonds is 5. The lowest BCUT2D eigenvalue weighted by Gasteiger charge is -2.31. The maximum absolute atomic E-state index is 6.11. The van der Waals surface area contributed by atoms with Crippen molar-refractivity contribution in [3.8, 4) is 0 Å². The highest BCUT2D eigenvalue weighted by atomic mass is 35.5. The van der Waals surface area contributed by atoms with E-state index in [1.807, 2.05) is 18.2 Å². The number of nitrogens with two attached hydrogens (primary N) is 1. The van der Waals surface area contributed by atoms with Gasteiger partial charge in [0.2, 0.25) is 0 Å². The van der Waals surface area contributed by atoms with Gasteiger partial charge in [-0.3, -0.25) is 0 Å². The zero-order valence-electron chi connectivity index (χ0n) is 12.0. The van der Waals surface area contributed by atoms with Crippen LogP contribution in [0.1, 0.15) is 51.0 Å². The fraction of sp³-hybridized carbons (Fsp3) is 0.562. The first-order valence-corrected chi connectivity index (χ1v) is 8.26. The summed E-state index contributed by atoms with van der Waals surface area (Å²) >= 11 is 11.2. The Morgan fingerprint density at radius 2 is 2.10 bits per heavy atom. The van der Waals surface area contributed by atoms with E-state index in [9.17, 15) is 0 Å². The molecule has 1 unspecified atom stereocenters. The molecule has 1 aliphatic rings. The Balaban J connectivity index is 2.17. The Bertz CT molecular complexity index is 470. The van der Waals surface area contributed by atoms with Gasteiger partial charge in [0.05, 0.1) is 0 Å². The molecule has 110 valence electrons. The monoisotopic (exact) mass is 310 g/mol. The third-order valence-corrected chi connectivity index (χ3v) is 4.70. The Morgan fingerprint density at radius 1 is 1.40 bits per heavy atom. The summed E-state index contributed by atoms with van der Waals surface area (Å²) in [5.74, 6) is 0.743. The average Bonchev–Trinajstić information content (AvgIpc) is 2.45. The van der Waals surface area contributed by atoms with Crippen molar-refractivity contribution in [3.63, 3.8) is 0 Å². The first kappa shape index (κ1) is 15.6. The van der Waals surface area contributed by atoms with Crippen LogP contribution in [0.2, 0.25) is 5.02 Å². The second-order valence-corrected chi connectivity index (χ2v) is 6.49. The Morgan fingerprint density at radius 3 is 2.70 bits per heavy atom. The highest BCUT2D eigenvalue weighted by Crippen LogP contribution is 2.31. The average molecular weight is 311 g/mol. The third kappa shape index (κ3) is 3.86. The van der Waals surface area contributed by atoms with Gasteiger partial charge in [-0.1, -0.05) is 50.0 Å².